The fourth-order valence-corrected chi connectivity index (χ4v) is 2.35. The molecule has 0 amide bonds. The summed E-state index contributed by atoms with van der Waals surface area (Å²) in [7, 11) is 1.45. The quantitative estimate of drug-likeness (QED) is 0.719. The summed E-state index contributed by atoms with van der Waals surface area (Å²) >= 11 is 0. The van der Waals surface area contributed by atoms with Gasteiger partial charge in [0.1, 0.15) is 11.9 Å². The van der Waals surface area contributed by atoms with E-state index < -0.39 is 0 Å². The number of aromatic nitrogens is 2. The van der Waals surface area contributed by atoms with Crippen molar-refractivity contribution in [1.29, 1.82) is 0 Å². The Bertz CT molecular complexity index is 396. The van der Waals surface area contributed by atoms with Gasteiger partial charge in [0.2, 0.25) is 0 Å². The van der Waals surface area contributed by atoms with E-state index in [1.165, 1.54) is 7.11 Å². The molecule has 2 rings (SSSR count). The summed E-state index contributed by atoms with van der Waals surface area (Å²) < 4.78 is 6.93. The topological polar surface area (TPSA) is 44.1 Å². The van der Waals surface area contributed by atoms with Crippen LogP contribution in [0.2, 0.25) is 0 Å². The van der Waals surface area contributed by atoms with Gasteiger partial charge in [-0.25, -0.2) is 9.78 Å². The van der Waals surface area contributed by atoms with Crippen LogP contribution in [0.3, 0.4) is 0 Å². The van der Waals surface area contributed by atoms with Crippen LogP contribution in [-0.2, 0) is 16.0 Å². The normalized spacial score (nSPS) is 19.6. The molecule has 2 heterocycles. The largest absolute Gasteiger partial charge is 0.467 e. The van der Waals surface area contributed by atoms with Gasteiger partial charge in [0.05, 0.1) is 7.11 Å². The highest BCUT2D eigenvalue weighted by molar-refractivity contribution is 5.74. The maximum atomic E-state index is 11.7. The van der Waals surface area contributed by atoms with Crippen molar-refractivity contribution < 1.29 is 9.53 Å². The highest BCUT2D eigenvalue weighted by atomic mass is 16.5. The van der Waals surface area contributed by atoms with Crippen molar-refractivity contribution in [2.45, 2.75) is 45.1 Å². The first-order chi connectivity index (χ1) is 7.65. The SMILES string of the molecule is COC(=O)C1CCCc2cnc(C(C)C)n21. The molecular weight excluding hydrogens is 204 g/mol. The lowest BCUT2D eigenvalue weighted by molar-refractivity contribution is -0.145. The maximum Gasteiger partial charge on any atom is 0.328 e. The Balaban J connectivity index is 2.42. The molecule has 0 saturated heterocycles. The van der Waals surface area contributed by atoms with Gasteiger partial charge in [-0.3, -0.25) is 0 Å². The van der Waals surface area contributed by atoms with E-state index in [1.807, 2.05) is 6.20 Å². The highest BCUT2D eigenvalue weighted by Gasteiger charge is 2.29. The number of hydrogen-bond donors (Lipinski definition) is 0. The minimum Gasteiger partial charge on any atom is -0.467 e. The number of esters is 1. The first-order valence-corrected chi connectivity index (χ1v) is 5.79. The van der Waals surface area contributed by atoms with E-state index in [-0.39, 0.29) is 12.0 Å². The summed E-state index contributed by atoms with van der Waals surface area (Å²) in [6.45, 7) is 4.19. The second kappa shape index (κ2) is 4.28. The van der Waals surface area contributed by atoms with Gasteiger partial charge in [0, 0.05) is 17.8 Å². The maximum absolute atomic E-state index is 11.7. The van der Waals surface area contributed by atoms with Crippen molar-refractivity contribution in [3.05, 3.63) is 17.7 Å². The molecule has 88 valence electrons. The molecule has 0 saturated carbocycles. The smallest absolute Gasteiger partial charge is 0.328 e. The minimum atomic E-state index is -0.173. The average Bonchev–Trinajstić information content (AvgIpc) is 2.71. The molecule has 0 aliphatic carbocycles. The molecule has 16 heavy (non-hydrogen) atoms. The average molecular weight is 222 g/mol. The highest BCUT2D eigenvalue weighted by Crippen LogP contribution is 2.30. The van der Waals surface area contributed by atoms with E-state index in [1.54, 1.807) is 0 Å². The zero-order valence-electron chi connectivity index (χ0n) is 10.1. The van der Waals surface area contributed by atoms with Gasteiger partial charge in [-0.2, -0.15) is 0 Å². The Morgan fingerprint density at radius 2 is 2.38 bits per heavy atom. The number of fused-ring (bicyclic) bond motifs is 1. The monoisotopic (exact) mass is 222 g/mol. The third kappa shape index (κ3) is 1.72. The Kier molecular flexibility index (Phi) is 2.99. The molecule has 0 spiro atoms. The Morgan fingerprint density at radius 1 is 1.62 bits per heavy atom. The molecular formula is C12H18N2O2. The first-order valence-electron chi connectivity index (χ1n) is 5.79. The number of carbonyl (C=O) groups excluding carboxylic acids is 1. The summed E-state index contributed by atoms with van der Waals surface area (Å²) in [5.74, 6) is 1.17. The molecule has 0 radical (unpaired) electrons. The zero-order valence-corrected chi connectivity index (χ0v) is 10.1. The molecule has 0 aromatic carbocycles. The molecule has 1 atom stereocenters. The number of hydrogen-bond acceptors (Lipinski definition) is 3. The van der Waals surface area contributed by atoms with E-state index in [4.69, 9.17) is 4.74 Å². The van der Waals surface area contributed by atoms with Crippen LogP contribution in [0.25, 0.3) is 0 Å². The lowest BCUT2D eigenvalue weighted by atomic mass is 10.0. The molecule has 0 N–H and O–H groups in total. The first kappa shape index (κ1) is 11.2. The van der Waals surface area contributed by atoms with Gasteiger partial charge in [-0.1, -0.05) is 13.8 Å². The van der Waals surface area contributed by atoms with Crippen LogP contribution < -0.4 is 0 Å². The van der Waals surface area contributed by atoms with Gasteiger partial charge in [0.25, 0.3) is 0 Å². The number of aryl methyl sites for hydroxylation is 1. The van der Waals surface area contributed by atoms with Crippen molar-refractivity contribution in [2.75, 3.05) is 7.11 Å². The number of ether oxygens (including phenoxy) is 1. The number of nitrogens with zero attached hydrogens (tertiary/aromatic N) is 2. The van der Waals surface area contributed by atoms with Crippen molar-refractivity contribution in [3.63, 3.8) is 0 Å². The summed E-state index contributed by atoms with van der Waals surface area (Å²) in [6.07, 6.45) is 4.79. The van der Waals surface area contributed by atoms with Crippen molar-refractivity contribution >= 4 is 5.97 Å². The van der Waals surface area contributed by atoms with Crippen LogP contribution in [0.15, 0.2) is 6.20 Å². The van der Waals surface area contributed by atoms with Crippen LogP contribution in [-0.4, -0.2) is 22.6 Å². The van der Waals surface area contributed by atoms with Gasteiger partial charge >= 0.3 is 5.97 Å². The van der Waals surface area contributed by atoms with Crippen molar-refractivity contribution in [2.24, 2.45) is 0 Å². The van der Waals surface area contributed by atoms with Crippen LogP contribution >= 0.6 is 0 Å². The van der Waals surface area contributed by atoms with Gasteiger partial charge in [0.15, 0.2) is 0 Å². The molecule has 1 aromatic rings. The Hall–Kier alpha value is -1.32. The van der Waals surface area contributed by atoms with Gasteiger partial charge in [-0.05, 0) is 19.3 Å². The second-order valence-electron chi connectivity index (χ2n) is 4.56. The fraction of sp³-hybridized carbons (Fsp3) is 0.667. The summed E-state index contributed by atoms with van der Waals surface area (Å²) in [6, 6.07) is -0.173. The zero-order chi connectivity index (χ0) is 11.7. The van der Waals surface area contributed by atoms with E-state index in [0.717, 1.165) is 30.8 Å². The lowest BCUT2D eigenvalue weighted by Gasteiger charge is -2.26. The third-order valence-corrected chi connectivity index (χ3v) is 3.11. The molecule has 1 aliphatic heterocycles. The van der Waals surface area contributed by atoms with E-state index in [2.05, 4.69) is 23.4 Å². The predicted octanol–water partition coefficient (Wildman–Crippen LogP) is 2.06. The molecule has 0 fully saturated rings. The minimum absolute atomic E-state index is 0.152. The number of carbonyl (C=O) groups is 1. The van der Waals surface area contributed by atoms with Crippen LogP contribution in [0.5, 0.6) is 0 Å². The van der Waals surface area contributed by atoms with Crippen LogP contribution in [0.1, 0.15) is 50.2 Å². The molecule has 1 aliphatic rings. The molecule has 4 nitrogen and oxygen atoms in total. The number of rotatable bonds is 2. The third-order valence-electron chi connectivity index (χ3n) is 3.11. The van der Waals surface area contributed by atoms with Crippen molar-refractivity contribution in [3.8, 4) is 0 Å². The molecule has 1 unspecified atom stereocenters. The van der Waals surface area contributed by atoms with E-state index in [9.17, 15) is 4.79 Å². The predicted molar refractivity (Wildman–Crippen MR) is 60.3 cm³/mol. The van der Waals surface area contributed by atoms with Gasteiger partial charge < -0.3 is 9.30 Å². The molecule has 0 bridgehead atoms. The van der Waals surface area contributed by atoms with Crippen LogP contribution in [0, 0.1) is 0 Å². The fourth-order valence-electron chi connectivity index (χ4n) is 2.35. The summed E-state index contributed by atoms with van der Waals surface area (Å²) in [4.78, 5) is 16.2. The van der Waals surface area contributed by atoms with Crippen molar-refractivity contribution in [1.82, 2.24) is 9.55 Å². The summed E-state index contributed by atoms with van der Waals surface area (Å²) in [5.41, 5.74) is 1.16. The van der Waals surface area contributed by atoms with Gasteiger partial charge in [-0.15, -0.1) is 0 Å². The molecule has 1 aromatic heterocycles. The number of imidazole rings is 1. The Labute approximate surface area is 95.6 Å². The number of methoxy groups -OCH3 is 1. The van der Waals surface area contributed by atoms with E-state index in [0.29, 0.717) is 5.92 Å². The summed E-state index contributed by atoms with van der Waals surface area (Å²) in [5, 5.41) is 0. The van der Waals surface area contributed by atoms with E-state index >= 15 is 0 Å². The lowest BCUT2D eigenvalue weighted by Crippen LogP contribution is -2.27. The standard InChI is InChI=1S/C12H18N2O2/c1-8(2)11-13-7-9-5-4-6-10(14(9)11)12(15)16-3/h7-8,10H,4-6H2,1-3H3. The second-order valence-corrected chi connectivity index (χ2v) is 4.56. The molecule has 4 heteroatoms. The van der Waals surface area contributed by atoms with Crippen LogP contribution in [0.4, 0.5) is 0 Å². The Morgan fingerprint density at radius 3 is 3.00 bits per heavy atom.